The van der Waals surface area contributed by atoms with Crippen molar-refractivity contribution in [3.8, 4) is 0 Å². The van der Waals surface area contributed by atoms with Gasteiger partial charge >= 0.3 is 0 Å². The lowest BCUT2D eigenvalue weighted by atomic mass is 10.0. The number of allylic oxidation sites excluding steroid dienone is 2. The van der Waals surface area contributed by atoms with Crippen LogP contribution in [0.5, 0.6) is 0 Å². The molecule has 0 radical (unpaired) electrons. The topological polar surface area (TPSA) is 24.7 Å². The molecule has 0 amide bonds. The van der Waals surface area contributed by atoms with Gasteiger partial charge in [0.05, 0.1) is 22.8 Å². The smallest absolute Gasteiger partial charge is 0.0848 e. The van der Waals surface area contributed by atoms with E-state index in [0.717, 1.165) is 48.5 Å². The van der Waals surface area contributed by atoms with Crippen molar-refractivity contribution in [3.05, 3.63) is 71.8 Å². The van der Waals surface area contributed by atoms with E-state index in [1.807, 2.05) is 0 Å². The number of hydrogen-bond donors (Lipinski definition) is 0. The van der Waals surface area contributed by atoms with Gasteiger partial charge in [0, 0.05) is 0 Å². The summed E-state index contributed by atoms with van der Waals surface area (Å²) in [5, 5.41) is 0. The third kappa shape index (κ3) is 25.6. The molecule has 2 nitrogen and oxygen atoms in total. The van der Waals surface area contributed by atoms with Crippen LogP contribution >= 0.6 is 0 Å². The predicted molar refractivity (Wildman–Crippen MR) is 245 cm³/mol. The van der Waals surface area contributed by atoms with Gasteiger partial charge in [-0.05, 0) is 92.8 Å². The van der Waals surface area contributed by atoms with Crippen molar-refractivity contribution >= 4 is 22.8 Å². The number of unbranched alkanes of at least 4 members (excludes halogenated alkanes) is 25. The zero-order chi connectivity index (χ0) is 38.6. The Hall–Kier alpha value is -2.48. The molecule has 2 heteroatoms. The van der Waals surface area contributed by atoms with Crippen LogP contribution in [0.15, 0.2) is 70.7 Å². The first-order valence-corrected chi connectivity index (χ1v) is 23.7. The maximum absolute atomic E-state index is 5.27. The van der Waals surface area contributed by atoms with Gasteiger partial charge in [-0.3, -0.25) is 4.99 Å². The minimum atomic E-state index is 0.951. The lowest BCUT2D eigenvalue weighted by Gasteiger charge is -2.09. The van der Waals surface area contributed by atoms with Crippen molar-refractivity contribution in [3.63, 3.8) is 0 Å². The third-order valence-corrected chi connectivity index (χ3v) is 11.1. The molecular formula is C52H86N2. The summed E-state index contributed by atoms with van der Waals surface area (Å²) in [7, 11) is 0. The Kier molecular flexibility index (Phi) is 30.9. The summed E-state index contributed by atoms with van der Waals surface area (Å²) in [6.45, 7) is 9.16. The average Bonchev–Trinajstić information content (AvgIpc) is 3.19. The maximum Gasteiger partial charge on any atom is 0.0848 e. The zero-order valence-corrected chi connectivity index (χ0v) is 36.3. The second-order valence-corrected chi connectivity index (χ2v) is 16.3. The van der Waals surface area contributed by atoms with Gasteiger partial charge in [0.15, 0.2) is 0 Å². The van der Waals surface area contributed by atoms with Crippen LogP contribution in [-0.4, -0.2) is 11.4 Å². The Morgan fingerprint density at radius 2 is 0.741 bits per heavy atom. The van der Waals surface area contributed by atoms with Gasteiger partial charge in [0.25, 0.3) is 0 Å². The molecule has 0 aliphatic rings. The normalized spacial score (nSPS) is 12.4. The SMILES string of the molecule is CCCCCCC=CC(=Nc1ccc(CCCCCCCCCCCCC)cc1)C(CCCC)=Nc1ccc(CCCCCCCCCCCCC)cc1. The molecule has 0 spiro atoms. The molecule has 0 atom stereocenters. The summed E-state index contributed by atoms with van der Waals surface area (Å²) in [6.07, 6.45) is 47.1. The highest BCUT2D eigenvalue weighted by Crippen LogP contribution is 2.21. The number of rotatable bonds is 36. The average molecular weight is 739 g/mol. The molecule has 2 aromatic carbocycles. The summed E-state index contributed by atoms with van der Waals surface area (Å²) in [6, 6.07) is 18.1. The molecule has 2 rings (SSSR count). The minimum absolute atomic E-state index is 0.951. The van der Waals surface area contributed by atoms with Crippen LogP contribution in [0.1, 0.15) is 231 Å². The first-order valence-electron chi connectivity index (χ1n) is 23.7. The van der Waals surface area contributed by atoms with Crippen molar-refractivity contribution in [1.29, 1.82) is 0 Å². The summed E-state index contributed by atoms with van der Waals surface area (Å²) in [4.78, 5) is 10.5. The molecule has 54 heavy (non-hydrogen) atoms. The van der Waals surface area contributed by atoms with E-state index < -0.39 is 0 Å². The van der Waals surface area contributed by atoms with Gasteiger partial charge in [-0.1, -0.05) is 212 Å². The highest BCUT2D eigenvalue weighted by atomic mass is 14.8. The molecule has 0 saturated carbocycles. The van der Waals surface area contributed by atoms with Gasteiger partial charge in [0.2, 0.25) is 0 Å². The number of aryl methyl sites for hydroxylation is 2. The Balaban J connectivity index is 1.96. The van der Waals surface area contributed by atoms with Crippen molar-refractivity contribution < 1.29 is 0 Å². The standard InChI is InChI=1S/C52H86N2/c1-5-9-13-16-19-21-23-25-27-29-32-35-47-39-43-49(44-40-47)53-51(37-12-8-4)52(38-34-31-18-15-11-7-3)54-50-45-41-48(42-46-50)36-33-30-28-26-24-22-20-17-14-10-6-2/h34,38-46H,5-33,35-37H2,1-4H3. The van der Waals surface area contributed by atoms with E-state index in [-0.39, 0.29) is 0 Å². The molecule has 0 saturated heterocycles. The molecule has 0 aromatic heterocycles. The molecule has 0 aliphatic heterocycles. The minimum Gasteiger partial charge on any atom is -0.251 e. The van der Waals surface area contributed by atoms with Crippen LogP contribution in [0.2, 0.25) is 0 Å². The van der Waals surface area contributed by atoms with Crippen LogP contribution in [-0.2, 0) is 12.8 Å². The molecule has 2 aromatic rings. The van der Waals surface area contributed by atoms with Crippen LogP contribution in [0.4, 0.5) is 11.4 Å². The van der Waals surface area contributed by atoms with E-state index >= 15 is 0 Å². The van der Waals surface area contributed by atoms with Crippen molar-refractivity contribution in [2.75, 3.05) is 0 Å². The Morgan fingerprint density at radius 1 is 0.389 bits per heavy atom. The first-order chi connectivity index (χ1) is 26.7. The van der Waals surface area contributed by atoms with E-state index in [2.05, 4.69) is 88.4 Å². The fourth-order valence-corrected chi connectivity index (χ4v) is 7.42. The summed E-state index contributed by atoms with van der Waals surface area (Å²) in [5.74, 6) is 0. The monoisotopic (exact) mass is 739 g/mol. The molecule has 0 heterocycles. The van der Waals surface area contributed by atoms with E-state index in [1.165, 1.54) is 191 Å². The van der Waals surface area contributed by atoms with Gasteiger partial charge < -0.3 is 0 Å². The zero-order valence-electron chi connectivity index (χ0n) is 36.3. The third-order valence-electron chi connectivity index (χ3n) is 11.1. The van der Waals surface area contributed by atoms with E-state index in [0.29, 0.717) is 0 Å². The molecule has 0 unspecified atom stereocenters. The number of hydrogen-bond acceptors (Lipinski definition) is 2. The fraction of sp³-hybridized carbons (Fsp3) is 0.692. The quantitative estimate of drug-likeness (QED) is 0.0491. The lowest BCUT2D eigenvalue weighted by molar-refractivity contribution is 0.549. The summed E-state index contributed by atoms with van der Waals surface area (Å²) < 4.78 is 0. The lowest BCUT2D eigenvalue weighted by Crippen LogP contribution is -2.11. The molecular weight excluding hydrogens is 653 g/mol. The molecule has 0 bridgehead atoms. The highest BCUT2D eigenvalue weighted by molar-refractivity contribution is 6.47. The largest absolute Gasteiger partial charge is 0.251 e. The van der Waals surface area contributed by atoms with Gasteiger partial charge in [-0.25, -0.2) is 4.99 Å². The van der Waals surface area contributed by atoms with E-state index in [4.69, 9.17) is 9.98 Å². The Bertz CT molecular complexity index is 1200. The molecule has 0 fully saturated rings. The second kappa shape index (κ2) is 35.0. The molecule has 0 aliphatic carbocycles. The van der Waals surface area contributed by atoms with Crippen LogP contribution in [0.3, 0.4) is 0 Å². The highest BCUT2D eigenvalue weighted by Gasteiger charge is 2.09. The van der Waals surface area contributed by atoms with Crippen LogP contribution in [0, 0.1) is 0 Å². The fourth-order valence-electron chi connectivity index (χ4n) is 7.42. The molecule has 304 valence electrons. The molecule has 0 N–H and O–H groups in total. The number of nitrogens with zero attached hydrogens (tertiary/aromatic N) is 2. The van der Waals surface area contributed by atoms with E-state index in [1.54, 1.807) is 0 Å². The van der Waals surface area contributed by atoms with Gasteiger partial charge in [-0.15, -0.1) is 0 Å². The van der Waals surface area contributed by atoms with Crippen LogP contribution < -0.4 is 0 Å². The van der Waals surface area contributed by atoms with Crippen LogP contribution in [0.25, 0.3) is 0 Å². The van der Waals surface area contributed by atoms with Crippen molar-refractivity contribution in [2.24, 2.45) is 9.98 Å². The number of benzene rings is 2. The predicted octanol–water partition coefficient (Wildman–Crippen LogP) is 18.0. The van der Waals surface area contributed by atoms with E-state index in [9.17, 15) is 0 Å². The number of aliphatic imine (C=N–C) groups is 2. The summed E-state index contributed by atoms with van der Waals surface area (Å²) in [5.41, 5.74) is 7.11. The Morgan fingerprint density at radius 3 is 1.15 bits per heavy atom. The maximum atomic E-state index is 5.27. The van der Waals surface area contributed by atoms with Crippen molar-refractivity contribution in [1.82, 2.24) is 0 Å². The van der Waals surface area contributed by atoms with Gasteiger partial charge in [-0.2, -0.15) is 0 Å². The van der Waals surface area contributed by atoms with Crippen molar-refractivity contribution in [2.45, 2.75) is 233 Å². The summed E-state index contributed by atoms with van der Waals surface area (Å²) >= 11 is 0. The van der Waals surface area contributed by atoms with Gasteiger partial charge in [0.1, 0.15) is 0 Å². The first kappa shape index (κ1) is 47.7. The Labute approximate surface area is 336 Å². The second-order valence-electron chi connectivity index (χ2n) is 16.3.